The predicted octanol–water partition coefficient (Wildman–Crippen LogP) is 2.71. The van der Waals surface area contributed by atoms with E-state index in [1.54, 1.807) is 6.20 Å². The Morgan fingerprint density at radius 3 is 3.05 bits per heavy atom. The van der Waals surface area contributed by atoms with Gasteiger partial charge in [0.15, 0.2) is 5.82 Å². The third kappa shape index (κ3) is 1.87. The van der Waals surface area contributed by atoms with E-state index in [0.717, 1.165) is 41.7 Å². The number of hydrogen-bond donors (Lipinski definition) is 1. The van der Waals surface area contributed by atoms with Gasteiger partial charge in [-0.1, -0.05) is 23.4 Å². The van der Waals surface area contributed by atoms with E-state index in [0.29, 0.717) is 5.89 Å². The second-order valence-corrected chi connectivity index (χ2v) is 4.98. The van der Waals surface area contributed by atoms with Crippen LogP contribution >= 0.6 is 0 Å². The van der Waals surface area contributed by atoms with Gasteiger partial charge < -0.3 is 9.84 Å². The standard InChI is InChI=1S/C15H14N4O/c1-2-5-12-10(4-1)11(7-9-17-12)15-18-14(19-20-15)13-6-3-8-16-13/h1-2,4-5,7,9,13,16H,3,6,8H2. The second kappa shape index (κ2) is 4.68. The zero-order valence-electron chi connectivity index (χ0n) is 10.9. The van der Waals surface area contributed by atoms with E-state index in [1.807, 2.05) is 30.3 Å². The Hall–Kier alpha value is -2.27. The average Bonchev–Trinajstić information content (AvgIpc) is 3.17. The minimum Gasteiger partial charge on any atom is -0.334 e. The summed E-state index contributed by atoms with van der Waals surface area (Å²) in [4.78, 5) is 8.89. The fourth-order valence-corrected chi connectivity index (χ4v) is 2.67. The molecule has 1 fully saturated rings. The molecule has 0 spiro atoms. The van der Waals surface area contributed by atoms with Crippen LogP contribution in [0.1, 0.15) is 24.7 Å². The SMILES string of the molecule is c1ccc2c(-c3nc(C4CCCN4)no3)ccnc2c1. The summed E-state index contributed by atoms with van der Waals surface area (Å²) in [6.07, 6.45) is 4.00. The van der Waals surface area contributed by atoms with E-state index in [2.05, 4.69) is 20.4 Å². The van der Waals surface area contributed by atoms with Crippen LogP contribution < -0.4 is 5.32 Å². The summed E-state index contributed by atoms with van der Waals surface area (Å²) in [5.41, 5.74) is 1.87. The maximum Gasteiger partial charge on any atom is 0.258 e. The van der Waals surface area contributed by atoms with Crippen molar-refractivity contribution >= 4 is 10.9 Å². The Balaban J connectivity index is 1.79. The van der Waals surface area contributed by atoms with Crippen molar-refractivity contribution in [1.29, 1.82) is 0 Å². The largest absolute Gasteiger partial charge is 0.334 e. The summed E-state index contributed by atoms with van der Waals surface area (Å²) >= 11 is 0. The van der Waals surface area contributed by atoms with Crippen LogP contribution in [-0.2, 0) is 0 Å². The fraction of sp³-hybridized carbons (Fsp3) is 0.267. The Morgan fingerprint density at radius 1 is 1.20 bits per heavy atom. The van der Waals surface area contributed by atoms with Crippen molar-refractivity contribution in [1.82, 2.24) is 20.4 Å². The first-order chi connectivity index (χ1) is 9.92. The molecule has 0 bridgehead atoms. The minimum atomic E-state index is 0.223. The summed E-state index contributed by atoms with van der Waals surface area (Å²) in [5.74, 6) is 1.31. The van der Waals surface area contributed by atoms with Crippen molar-refractivity contribution in [3.8, 4) is 11.5 Å². The van der Waals surface area contributed by atoms with Crippen molar-refractivity contribution in [3.05, 3.63) is 42.4 Å². The second-order valence-electron chi connectivity index (χ2n) is 4.98. The van der Waals surface area contributed by atoms with Gasteiger partial charge in [-0.3, -0.25) is 4.98 Å². The number of nitrogens with zero attached hydrogens (tertiary/aromatic N) is 3. The van der Waals surface area contributed by atoms with Crippen molar-refractivity contribution < 1.29 is 4.52 Å². The number of fused-ring (bicyclic) bond motifs is 1. The molecule has 3 heterocycles. The number of nitrogens with one attached hydrogen (secondary N) is 1. The maximum atomic E-state index is 5.44. The molecular weight excluding hydrogens is 252 g/mol. The monoisotopic (exact) mass is 266 g/mol. The van der Waals surface area contributed by atoms with E-state index >= 15 is 0 Å². The molecule has 1 aliphatic rings. The van der Waals surface area contributed by atoms with Crippen molar-refractivity contribution in [2.75, 3.05) is 6.54 Å². The highest BCUT2D eigenvalue weighted by atomic mass is 16.5. The maximum absolute atomic E-state index is 5.44. The molecule has 1 atom stereocenters. The van der Waals surface area contributed by atoms with E-state index in [4.69, 9.17) is 4.52 Å². The zero-order valence-corrected chi connectivity index (χ0v) is 10.9. The summed E-state index contributed by atoms with van der Waals surface area (Å²) in [6.45, 7) is 1.02. The van der Waals surface area contributed by atoms with Gasteiger partial charge in [-0.2, -0.15) is 4.98 Å². The fourth-order valence-electron chi connectivity index (χ4n) is 2.67. The molecule has 5 heteroatoms. The third-order valence-corrected chi connectivity index (χ3v) is 3.69. The first-order valence-corrected chi connectivity index (χ1v) is 6.83. The van der Waals surface area contributed by atoms with Crippen LogP contribution in [0.15, 0.2) is 41.1 Å². The van der Waals surface area contributed by atoms with Gasteiger partial charge in [0.25, 0.3) is 5.89 Å². The summed E-state index contributed by atoms with van der Waals surface area (Å²) < 4.78 is 5.44. The molecule has 20 heavy (non-hydrogen) atoms. The highest BCUT2D eigenvalue weighted by molar-refractivity contribution is 5.91. The highest BCUT2D eigenvalue weighted by Crippen LogP contribution is 2.28. The van der Waals surface area contributed by atoms with E-state index in [1.165, 1.54) is 0 Å². The number of rotatable bonds is 2. The summed E-state index contributed by atoms with van der Waals surface area (Å²) in [5, 5.41) is 8.52. The van der Waals surface area contributed by atoms with Gasteiger partial charge in [0.1, 0.15) is 0 Å². The number of benzene rings is 1. The zero-order chi connectivity index (χ0) is 13.4. The lowest BCUT2D eigenvalue weighted by atomic mass is 10.1. The van der Waals surface area contributed by atoms with Crippen LogP contribution in [-0.4, -0.2) is 21.7 Å². The molecule has 0 aliphatic carbocycles. The molecule has 1 unspecified atom stereocenters. The molecule has 5 nitrogen and oxygen atoms in total. The van der Waals surface area contributed by atoms with Gasteiger partial charge in [0.05, 0.1) is 17.1 Å². The summed E-state index contributed by atoms with van der Waals surface area (Å²) in [7, 11) is 0. The van der Waals surface area contributed by atoms with Gasteiger partial charge >= 0.3 is 0 Å². The Kier molecular flexibility index (Phi) is 2.70. The Bertz CT molecular complexity index is 741. The molecule has 1 aromatic carbocycles. The van der Waals surface area contributed by atoms with E-state index in [9.17, 15) is 0 Å². The lowest BCUT2D eigenvalue weighted by molar-refractivity contribution is 0.412. The molecule has 100 valence electrons. The molecule has 4 rings (SSSR count). The molecule has 3 aromatic rings. The number of para-hydroxylation sites is 1. The van der Waals surface area contributed by atoms with E-state index in [-0.39, 0.29) is 6.04 Å². The average molecular weight is 266 g/mol. The third-order valence-electron chi connectivity index (χ3n) is 3.69. The van der Waals surface area contributed by atoms with Gasteiger partial charge in [0, 0.05) is 11.6 Å². The van der Waals surface area contributed by atoms with Crippen LogP contribution in [0.4, 0.5) is 0 Å². The highest BCUT2D eigenvalue weighted by Gasteiger charge is 2.22. The topological polar surface area (TPSA) is 63.8 Å². The molecular formula is C15H14N4O. The van der Waals surface area contributed by atoms with Crippen molar-refractivity contribution in [3.63, 3.8) is 0 Å². The first-order valence-electron chi connectivity index (χ1n) is 6.83. The van der Waals surface area contributed by atoms with Gasteiger partial charge in [-0.05, 0) is 31.5 Å². The van der Waals surface area contributed by atoms with Gasteiger partial charge in [-0.25, -0.2) is 0 Å². The number of hydrogen-bond acceptors (Lipinski definition) is 5. The van der Waals surface area contributed by atoms with Crippen LogP contribution in [0, 0.1) is 0 Å². The van der Waals surface area contributed by atoms with Crippen LogP contribution in [0.3, 0.4) is 0 Å². The van der Waals surface area contributed by atoms with E-state index < -0.39 is 0 Å². The lowest BCUT2D eigenvalue weighted by Gasteiger charge is -2.02. The molecule has 0 radical (unpaired) electrons. The first kappa shape index (κ1) is 11.5. The van der Waals surface area contributed by atoms with Crippen molar-refractivity contribution in [2.24, 2.45) is 0 Å². The predicted molar refractivity (Wildman–Crippen MR) is 75.0 cm³/mol. The molecule has 0 amide bonds. The van der Waals surface area contributed by atoms with Gasteiger partial charge in [-0.15, -0.1) is 0 Å². The molecule has 2 aromatic heterocycles. The smallest absolute Gasteiger partial charge is 0.258 e. The minimum absolute atomic E-state index is 0.223. The number of pyridine rings is 1. The Labute approximate surface area is 116 Å². The lowest BCUT2D eigenvalue weighted by Crippen LogP contribution is -2.14. The number of aromatic nitrogens is 3. The molecule has 0 saturated carbocycles. The quantitative estimate of drug-likeness (QED) is 0.772. The van der Waals surface area contributed by atoms with Crippen LogP contribution in [0.5, 0.6) is 0 Å². The molecule has 1 N–H and O–H groups in total. The van der Waals surface area contributed by atoms with Crippen molar-refractivity contribution in [2.45, 2.75) is 18.9 Å². The normalized spacial score (nSPS) is 18.7. The Morgan fingerprint density at radius 2 is 2.15 bits per heavy atom. The molecule has 1 saturated heterocycles. The summed E-state index contributed by atoms with van der Waals surface area (Å²) in [6, 6.07) is 10.1. The molecule has 1 aliphatic heterocycles. The van der Waals surface area contributed by atoms with Crippen LogP contribution in [0.2, 0.25) is 0 Å². The van der Waals surface area contributed by atoms with Gasteiger partial charge in [0.2, 0.25) is 0 Å². The van der Waals surface area contributed by atoms with Crippen LogP contribution in [0.25, 0.3) is 22.4 Å².